The third kappa shape index (κ3) is 4.30. The number of pyridine rings is 1. The van der Waals surface area contributed by atoms with Crippen molar-refractivity contribution >= 4 is 17.0 Å². The molecule has 6 nitrogen and oxygen atoms in total. The van der Waals surface area contributed by atoms with Crippen LogP contribution >= 0.6 is 0 Å². The molecule has 156 valence electrons. The summed E-state index contributed by atoms with van der Waals surface area (Å²) >= 11 is 0. The van der Waals surface area contributed by atoms with E-state index in [-0.39, 0.29) is 18.5 Å². The number of carbonyl (C=O) groups excluding carboxylic acids is 1. The topological polar surface area (TPSA) is 77.1 Å². The largest absolute Gasteiger partial charge is 0.497 e. The summed E-state index contributed by atoms with van der Waals surface area (Å²) in [7, 11) is 1.63. The number of carbonyl (C=O) groups is 1. The van der Waals surface area contributed by atoms with Crippen molar-refractivity contribution in [2.75, 3.05) is 7.11 Å². The summed E-state index contributed by atoms with van der Waals surface area (Å²) in [6.45, 7) is 7.90. The minimum absolute atomic E-state index is 0.0745. The molecular formula is C24H27N3O3. The van der Waals surface area contributed by atoms with Gasteiger partial charge < -0.3 is 14.0 Å². The van der Waals surface area contributed by atoms with E-state index in [1.54, 1.807) is 13.3 Å². The number of esters is 1. The predicted molar refractivity (Wildman–Crippen MR) is 115 cm³/mol. The van der Waals surface area contributed by atoms with Crippen LogP contribution in [0.1, 0.15) is 44.5 Å². The first-order chi connectivity index (χ1) is 14.3. The minimum atomic E-state index is -0.814. The van der Waals surface area contributed by atoms with Gasteiger partial charge >= 0.3 is 5.97 Å². The molecule has 6 heteroatoms. The summed E-state index contributed by atoms with van der Waals surface area (Å²) in [5.41, 5.74) is 3.40. The van der Waals surface area contributed by atoms with Gasteiger partial charge in [0, 0.05) is 24.0 Å². The molecule has 3 aromatic rings. The van der Waals surface area contributed by atoms with Gasteiger partial charge in [-0.1, -0.05) is 12.1 Å². The Morgan fingerprint density at radius 2 is 1.93 bits per heavy atom. The van der Waals surface area contributed by atoms with E-state index in [2.05, 4.69) is 15.6 Å². The van der Waals surface area contributed by atoms with Crippen LogP contribution in [0.4, 0.5) is 0 Å². The molecule has 0 bridgehead atoms. The summed E-state index contributed by atoms with van der Waals surface area (Å²) in [4.78, 5) is 17.2. The normalized spacial score (nSPS) is 11.5. The SMILES string of the molecule is COc1ccc(Cn2c(CC(=O)OC(C)C)c(C(C)(C)C#N)c3ncccc32)cc1. The molecule has 0 fully saturated rings. The molecule has 30 heavy (non-hydrogen) atoms. The Morgan fingerprint density at radius 1 is 1.23 bits per heavy atom. The molecular weight excluding hydrogens is 378 g/mol. The first-order valence-corrected chi connectivity index (χ1v) is 9.97. The molecule has 1 aromatic carbocycles. The number of nitriles is 1. The van der Waals surface area contributed by atoms with Gasteiger partial charge in [0.1, 0.15) is 5.75 Å². The van der Waals surface area contributed by atoms with E-state index in [4.69, 9.17) is 9.47 Å². The molecule has 0 N–H and O–H groups in total. The highest BCUT2D eigenvalue weighted by Crippen LogP contribution is 2.35. The maximum Gasteiger partial charge on any atom is 0.312 e. The molecule has 3 rings (SSSR count). The van der Waals surface area contributed by atoms with E-state index in [0.717, 1.165) is 33.6 Å². The zero-order valence-electron chi connectivity index (χ0n) is 18.1. The van der Waals surface area contributed by atoms with Crippen molar-refractivity contribution < 1.29 is 14.3 Å². The molecule has 0 atom stereocenters. The van der Waals surface area contributed by atoms with Gasteiger partial charge in [-0.3, -0.25) is 9.78 Å². The highest BCUT2D eigenvalue weighted by atomic mass is 16.5. The fourth-order valence-electron chi connectivity index (χ4n) is 3.66. The summed E-state index contributed by atoms with van der Waals surface area (Å²) in [5, 5.41) is 9.85. The van der Waals surface area contributed by atoms with Crippen LogP contribution in [-0.4, -0.2) is 28.7 Å². The Hall–Kier alpha value is -3.33. The Morgan fingerprint density at radius 3 is 2.53 bits per heavy atom. The van der Waals surface area contributed by atoms with E-state index < -0.39 is 5.41 Å². The molecule has 0 aliphatic carbocycles. The quantitative estimate of drug-likeness (QED) is 0.545. The maximum absolute atomic E-state index is 12.6. The van der Waals surface area contributed by atoms with Crippen LogP contribution in [0.2, 0.25) is 0 Å². The highest BCUT2D eigenvalue weighted by molar-refractivity contribution is 5.86. The fourth-order valence-corrected chi connectivity index (χ4v) is 3.66. The Balaban J connectivity index is 2.19. The van der Waals surface area contributed by atoms with Crippen molar-refractivity contribution in [1.82, 2.24) is 9.55 Å². The standard InChI is InChI=1S/C24H27N3O3/c1-16(2)30-21(28)13-20-22(24(3,4)15-25)23-19(7-6-12-26-23)27(20)14-17-8-10-18(29-5)11-9-17/h6-12,16H,13-14H2,1-5H3. The van der Waals surface area contributed by atoms with Gasteiger partial charge in [0.2, 0.25) is 0 Å². The summed E-state index contributed by atoms with van der Waals surface area (Å²) in [6, 6.07) is 14.0. The van der Waals surface area contributed by atoms with E-state index in [1.807, 2.05) is 64.1 Å². The number of nitrogens with zero attached hydrogens (tertiary/aromatic N) is 3. The fraction of sp³-hybridized carbons (Fsp3) is 0.375. The molecule has 0 amide bonds. The second-order valence-corrected chi connectivity index (χ2v) is 8.08. The molecule has 0 radical (unpaired) electrons. The van der Waals surface area contributed by atoms with Gasteiger partial charge in [-0.15, -0.1) is 0 Å². The van der Waals surface area contributed by atoms with E-state index in [0.29, 0.717) is 6.54 Å². The van der Waals surface area contributed by atoms with Crippen LogP contribution in [-0.2, 0) is 27.9 Å². The molecule has 0 aliphatic heterocycles. The van der Waals surface area contributed by atoms with Crippen molar-refractivity contribution in [2.45, 2.75) is 52.2 Å². The number of aromatic nitrogens is 2. The number of methoxy groups -OCH3 is 1. The number of benzene rings is 1. The number of hydrogen-bond acceptors (Lipinski definition) is 5. The average molecular weight is 405 g/mol. The van der Waals surface area contributed by atoms with Crippen molar-refractivity contribution in [3.63, 3.8) is 0 Å². The van der Waals surface area contributed by atoms with E-state index in [1.165, 1.54) is 0 Å². The molecule has 2 heterocycles. The zero-order chi connectivity index (χ0) is 21.9. The first-order valence-electron chi connectivity index (χ1n) is 9.97. The smallest absolute Gasteiger partial charge is 0.312 e. The third-order valence-electron chi connectivity index (χ3n) is 5.01. The molecule has 0 spiro atoms. The summed E-state index contributed by atoms with van der Waals surface area (Å²) in [6.07, 6.45) is 1.58. The van der Waals surface area contributed by atoms with Crippen LogP contribution in [0.3, 0.4) is 0 Å². The lowest BCUT2D eigenvalue weighted by molar-refractivity contribution is -0.146. The summed E-state index contributed by atoms with van der Waals surface area (Å²) < 4.78 is 12.7. The van der Waals surface area contributed by atoms with Crippen molar-refractivity contribution in [2.24, 2.45) is 0 Å². The highest BCUT2D eigenvalue weighted by Gasteiger charge is 2.32. The minimum Gasteiger partial charge on any atom is -0.497 e. The van der Waals surface area contributed by atoms with Crippen LogP contribution in [0.15, 0.2) is 42.6 Å². The van der Waals surface area contributed by atoms with Crippen LogP contribution < -0.4 is 4.74 Å². The first kappa shape index (κ1) is 21.4. The molecule has 0 aliphatic rings. The number of hydrogen-bond donors (Lipinski definition) is 0. The summed E-state index contributed by atoms with van der Waals surface area (Å²) in [5.74, 6) is 0.462. The monoisotopic (exact) mass is 405 g/mol. The predicted octanol–water partition coefficient (Wildman–Crippen LogP) is 4.39. The van der Waals surface area contributed by atoms with Gasteiger partial charge in [0.05, 0.1) is 42.2 Å². The second-order valence-electron chi connectivity index (χ2n) is 8.08. The van der Waals surface area contributed by atoms with Gasteiger partial charge in [0.25, 0.3) is 0 Å². The van der Waals surface area contributed by atoms with Crippen LogP contribution in [0.5, 0.6) is 5.75 Å². The van der Waals surface area contributed by atoms with Gasteiger partial charge in [-0.25, -0.2) is 0 Å². The van der Waals surface area contributed by atoms with Crippen molar-refractivity contribution in [3.05, 3.63) is 59.4 Å². The zero-order valence-corrected chi connectivity index (χ0v) is 18.1. The Labute approximate surface area is 177 Å². The van der Waals surface area contributed by atoms with E-state index >= 15 is 0 Å². The lowest BCUT2D eigenvalue weighted by atomic mass is 9.84. The number of rotatable bonds is 7. The lowest BCUT2D eigenvalue weighted by Crippen LogP contribution is -2.22. The lowest BCUT2D eigenvalue weighted by Gasteiger charge is -2.19. The maximum atomic E-state index is 12.6. The average Bonchev–Trinajstić information content (AvgIpc) is 3.01. The van der Waals surface area contributed by atoms with Crippen molar-refractivity contribution in [1.29, 1.82) is 5.26 Å². The Bertz CT molecular complexity index is 1090. The van der Waals surface area contributed by atoms with Crippen LogP contribution in [0.25, 0.3) is 11.0 Å². The van der Waals surface area contributed by atoms with Gasteiger partial charge in [-0.2, -0.15) is 5.26 Å². The number of fused-ring (bicyclic) bond motifs is 1. The molecule has 0 saturated carbocycles. The van der Waals surface area contributed by atoms with E-state index in [9.17, 15) is 10.1 Å². The van der Waals surface area contributed by atoms with Gasteiger partial charge in [-0.05, 0) is 57.5 Å². The second kappa shape index (κ2) is 8.58. The number of ether oxygens (including phenoxy) is 2. The molecule has 0 unspecified atom stereocenters. The van der Waals surface area contributed by atoms with Crippen molar-refractivity contribution in [3.8, 4) is 11.8 Å². The van der Waals surface area contributed by atoms with Crippen LogP contribution in [0, 0.1) is 11.3 Å². The third-order valence-corrected chi connectivity index (χ3v) is 5.01. The Kier molecular flexibility index (Phi) is 6.12. The molecule has 0 saturated heterocycles. The van der Waals surface area contributed by atoms with Gasteiger partial charge in [0.15, 0.2) is 0 Å². The molecule has 2 aromatic heterocycles.